The van der Waals surface area contributed by atoms with Crippen molar-refractivity contribution in [2.45, 2.75) is 57.8 Å². The van der Waals surface area contributed by atoms with E-state index in [9.17, 15) is 0 Å². The smallest absolute Gasteiger partial charge is 0.0141 e. The van der Waals surface area contributed by atoms with Crippen LogP contribution in [0.25, 0.3) is 0 Å². The summed E-state index contributed by atoms with van der Waals surface area (Å²) in [5, 5.41) is 0. The number of allylic oxidation sites excluding steroid dienone is 2. The van der Waals surface area contributed by atoms with Crippen LogP contribution >= 0.6 is 0 Å². The Hall–Kier alpha value is -0.260. The highest BCUT2D eigenvalue weighted by atomic mass is 14.5. The van der Waals surface area contributed by atoms with E-state index in [1.807, 2.05) is 5.57 Å². The second-order valence-electron chi connectivity index (χ2n) is 6.79. The Kier molecular flexibility index (Phi) is 2.20. The Balaban J connectivity index is 1.73. The van der Waals surface area contributed by atoms with Crippen molar-refractivity contribution in [1.29, 1.82) is 0 Å². The van der Waals surface area contributed by atoms with E-state index in [0.29, 0.717) is 0 Å². The van der Waals surface area contributed by atoms with Crippen molar-refractivity contribution in [3.8, 4) is 0 Å². The van der Waals surface area contributed by atoms with Gasteiger partial charge in [0.25, 0.3) is 0 Å². The summed E-state index contributed by atoms with van der Waals surface area (Å²) in [6.45, 7) is 0. The third-order valence-electron chi connectivity index (χ3n) is 6.25. The van der Waals surface area contributed by atoms with Gasteiger partial charge in [-0.1, -0.05) is 30.9 Å². The van der Waals surface area contributed by atoms with Crippen LogP contribution in [0.15, 0.2) is 11.6 Å². The average molecular weight is 216 g/mol. The van der Waals surface area contributed by atoms with E-state index in [-0.39, 0.29) is 0 Å². The molecule has 88 valence electrons. The minimum Gasteiger partial charge on any atom is -0.0850 e. The molecule has 0 aromatic heterocycles. The van der Waals surface area contributed by atoms with E-state index < -0.39 is 0 Å². The minimum absolute atomic E-state index is 1.06. The fourth-order valence-corrected chi connectivity index (χ4v) is 5.71. The number of rotatable bonds is 0. The van der Waals surface area contributed by atoms with E-state index in [1.54, 1.807) is 32.1 Å². The van der Waals surface area contributed by atoms with Crippen LogP contribution in [-0.2, 0) is 0 Å². The first-order valence-electron chi connectivity index (χ1n) is 7.62. The predicted octanol–water partition coefficient (Wildman–Crippen LogP) is 4.56. The van der Waals surface area contributed by atoms with E-state index in [2.05, 4.69) is 6.08 Å². The van der Waals surface area contributed by atoms with Crippen LogP contribution in [-0.4, -0.2) is 0 Å². The van der Waals surface area contributed by atoms with Gasteiger partial charge in [-0.3, -0.25) is 0 Å². The summed E-state index contributed by atoms with van der Waals surface area (Å²) in [5.74, 6) is 5.55. The molecule has 0 N–H and O–H groups in total. The molecule has 0 heteroatoms. The van der Waals surface area contributed by atoms with Crippen LogP contribution in [0, 0.1) is 29.6 Å². The molecule has 0 aromatic rings. The summed E-state index contributed by atoms with van der Waals surface area (Å²) in [6.07, 6.45) is 16.4. The minimum atomic E-state index is 1.06. The van der Waals surface area contributed by atoms with Crippen LogP contribution < -0.4 is 0 Å². The van der Waals surface area contributed by atoms with Gasteiger partial charge >= 0.3 is 0 Å². The molecule has 0 bridgehead atoms. The molecule has 5 unspecified atom stereocenters. The lowest BCUT2D eigenvalue weighted by Crippen LogP contribution is -2.45. The quantitative estimate of drug-likeness (QED) is 0.521. The highest BCUT2D eigenvalue weighted by molar-refractivity contribution is 5.19. The summed E-state index contributed by atoms with van der Waals surface area (Å²) in [7, 11) is 0. The van der Waals surface area contributed by atoms with E-state index in [4.69, 9.17) is 0 Å². The molecule has 4 aliphatic rings. The van der Waals surface area contributed by atoms with Gasteiger partial charge in [-0.2, -0.15) is 0 Å². The Morgan fingerprint density at radius 2 is 1.62 bits per heavy atom. The zero-order valence-electron chi connectivity index (χ0n) is 10.3. The van der Waals surface area contributed by atoms with Crippen LogP contribution in [0.3, 0.4) is 0 Å². The first kappa shape index (κ1) is 9.74. The fraction of sp³-hybridized carbons (Fsp3) is 0.875. The number of hydrogen-bond donors (Lipinski definition) is 0. The summed E-state index contributed by atoms with van der Waals surface area (Å²) < 4.78 is 0. The Morgan fingerprint density at radius 1 is 0.812 bits per heavy atom. The normalized spacial score (nSPS) is 50.5. The lowest BCUT2D eigenvalue weighted by molar-refractivity contribution is -0.000420. The molecule has 0 nitrogen and oxygen atoms in total. The van der Waals surface area contributed by atoms with Gasteiger partial charge in [0.2, 0.25) is 0 Å². The first-order chi connectivity index (χ1) is 7.93. The largest absolute Gasteiger partial charge is 0.0850 e. The van der Waals surface area contributed by atoms with Crippen molar-refractivity contribution in [1.82, 2.24) is 0 Å². The van der Waals surface area contributed by atoms with Gasteiger partial charge in [0.05, 0.1) is 0 Å². The molecule has 4 aliphatic carbocycles. The average Bonchev–Trinajstić information content (AvgIpc) is 2.36. The molecule has 4 rings (SSSR count). The standard InChI is InChI=1S/C16H24/c1-3-11-7-9-13-5-2-6-14-10-8-12(4-1)15(11)16(13)14/h3,12-16H,1-2,4-10H2. The molecule has 0 heterocycles. The maximum absolute atomic E-state index is 2.63. The van der Waals surface area contributed by atoms with Crippen LogP contribution in [0.5, 0.6) is 0 Å². The molecule has 16 heavy (non-hydrogen) atoms. The van der Waals surface area contributed by atoms with Gasteiger partial charge < -0.3 is 0 Å². The van der Waals surface area contributed by atoms with Gasteiger partial charge in [-0.15, -0.1) is 0 Å². The lowest BCUT2D eigenvalue weighted by Gasteiger charge is -2.54. The molecule has 0 spiro atoms. The zero-order valence-corrected chi connectivity index (χ0v) is 10.3. The van der Waals surface area contributed by atoms with Crippen LogP contribution in [0.2, 0.25) is 0 Å². The van der Waals surface area contributed by atoms with Gasteiger partial charge in [0.1, 0.15) is 0 Å². The molecular formula is C16H24. The second-order valence-corrected chi connectivity index (χ2v) is 6.79. The molecule has 0 amide bonds. The maximum Gasteiger partial charge on any atom is -0.0141 e. The van der Waals surface area contributed by atoms with Gasteiger partial charge in [-0.05, 0) is 68.1 Å². The SMILES string of the molecule is C1=C2CCC3CCCC4CCC(CC1)C2C34. The monoisotopic (exact) mass is 216 g/mol. The van der Waals surface area contributed by atoms with Crippen molar-refractivity contribution < 1.29 is 0 Å². The van der Waals surface area contributed by atoms with E-state index in [0.717, 1.165) is 29.6 Å². The van der Waals surface area contributed by atoms with Gasteiger partial charge in [0.15, 0.2) is 0 Å². The van der Waals surface area contributed by atoms with Gasteiger partial charge in [-0.25, -0.2) is 0 Å². The summed E-state index contributed by atoms with van der Waals surface area (Å²) in [6, 6.07) is 0. The lowest BCUT2D eigenvalue weighted by atomic mass is 9.50. The third-order valence-corrected chi connectivity index (χ3v) is 6.25. The highest BCUT2D eigenvalue weighted by Gasteiger charge is 2.48. The highest BCUT2D eigenvalue weighted by Crippen LogP contribution is 2.58. The third kappa shape index (κ3) is 1.28. The summed E-state index contributed by atoms with van der Waals surface area (Å²) in [5.41, 5.74) is 1.91. The van der Waals surface area contributed by atoms with Crippen molar-refractivity contribution in [2.24, 2.45) is 29.6 Å². The fourth-order valence-electron chi connectivity index (χ4n) is 5.71. The first-order valence-corrected chi connectivity index (χ1v) is 7.62. The molecule has 5 atom stereocenters. The Bertz CT molecular complexity index is 308. The molecule has 3 fully saturated rings. The van der Waals surface area contributed by atoms with E-state index >= 15 is 0 Å². The molecule has 0 aromatic carbocycles. The Morgan fingerprint density at radius 3 is 2.56 bits per heavy atom. The summed E-state index contributed by atoms with van der Waals surface area (Å²) >= 11 is 0. The molecular weight excluding hydrogens is 192 g/mol. The van der Waals surface area contributed by atoms with Crippen molar-refractivity contribution >= 4 is 0 Å². The van der Waals surface area contributed by atoms with Crippen molar-refractivity contribution in [3.05, 3.63) is 11.6 Å². The topological polar surface area (TPSA) is 0 Å². The molecule has 0 saturated heterocycles. The number of hydrogen-bond acceptors (Lipinski definition) is 0. The maximum atomic E-state index is 2.63. The van der Waals surface area contributed by atoms with E-state index in [1.165, 1.54) is 25.7 Å². The predicted molar refractivity (Wildman–Crippen MR) is 67.1 cm³/mol. The van der Waals surface area contributed by atoms with Crippen LogP contribution in [0.1, 0.15) is 57.8 Å². The molecule has 0 aliphatic heterocycles. The molecule has 3 saturated carbocycles. The Labute approximate surface area is 99.5 Å². The zero-order chi connectivity index (χ0) is 10.5. The van der Waals surface area contributed by atoms with Crippen LogP contribution in [0.4, 0.5) is 0 Å². The van der Waals surface area contributed by atoms with Gasteiger partial charge in [0, 0.05) is 0 Å². The van der Waals surface area contributed by atoms with Crippen molar-refractivity contribution in [3.63, 3.8) is 0 Å². The second kappa shape index (κ2) is 3.62. The van der Waals surface area contributed by atoms with Crippen molar-refractivity contribution in [2.75, 3.05) is 0 Å². The molecule has 0 radical (unpaired) electrons. The summed E-state index contributed by atoms with van der Waals surface area (Å²) in [4.78, 5) is 0.